The fourth-order valence-electron chi connectivity index (χ4n) is 1.70. The van der Waals surface area contributed by atoms with Crippen LogP contribution in [0.25, 0.3) is 0 Å². The summed E-state index contributed by atoms with van der Waals surface area (Å²) in [7, 11) is 0. The van der Waals surface area contributed by atoms with E-state index < -0.39 is 0 Å². The van der Waals surface area contributed by atoms with Crippen molar-refractivity contribution in [2.24, 2.45) is 10.3 Å². The van der Waals surface area contributed by atoms with Crippen LogP contribution in [0.4, 0.5) is 0 Å². The van der Waals surface area contributed by atoms with Crippen molar-refractivity contribution in [1.82, 2.24) is 5.43 Å². The molecule has 0 radical (unpaired) electrons. The van der Waals surface area contributed by atoms with Crippen molar-refractivity contribution in [3.8, 4) is 0 Å². The van der Waals surface area contributed by atoms with E-state index in [1.54, 1.807) is 24.3 Å². The largest absolute Gasteiger partial charge is 0.396 e. The molecule has 5 heteroatoms. The number of hydrogen-bond donors (Lipinski definition) is 1. The molecule has 0 spiro atoms. The Balaban J connectivity index is 2.16. The second-order valence-electron chi connectivity index (χ2n) is 4.32. The third-order valence-electron chi connectivity index (χ3n) is 2.76. The molecule has 2 aromatic carbocycles. The van der Waals surface area contributed by atoms with Gasteiger partial charge in [-0.1, -0.05) is 53.7 Å². The van der Waals surface area contributed by atoms with E-state index in [4.69, 9.17) is 4.84 Å². The second-order valence-corrected chi connectivity index (χ2v) is 4.32. The van der Waals surface area contributed by atoms with Crippen LogP contribution in [0.15, 0.2) is 70.9 Å². The van der Waals surface area contributed by atoms with E-state index in [2.05, 4.69) is 15.7 Å². The van der Waals surface area contributed by atoms with Crippen LogP contribution in [0.5, 0.6) is 0 Å². The number of benzene rings is 2. The van der Waals surface area contributed by atoms with Gasteiger partial charge < -0.3 is 4.84 Å². The minimum Gasteiger partial charge on any atom is -0.396 e. The fraction of sp³-hybridized carbons (Fsp3) is 0.118. The van der Waals surface area contributed by atoms with Crippen LogP contribution < -0.4 is 5.43 Å². The van der Waals surface area contributed by atoms with Crippen LogP contribution in [-0.4, -0.2) is 24.4 Å². The molecule has 0 aliphatic heterocycles. The summed E-state index contributed by atoms with van der Waals surface area (Å²) < 4.78 is 0. The number of carbonyl (C=O) groups is 1. The standard InChI is InChI=1S/C17H17N3O2/c1-2-22-18-13-16(14-9-5-3-6-10-14)19-20-17(21)15-11-7-4-8-12-15/h3-13H,2H2,1H3,(H,20,21)/b18-13-,19-16+. The van der Waals surface area contributed by atoms with Crippen molar-refractivity contribution in [3.05, 3.63) is 71.8 Å². The maximum Gasteiger partial charge on any atom is 0.271 e. The third kappa shape index (κ3) is 4.56. The lowest BCUT2D eigenvalue weighted by molar-refractivity contribution is 0.0955. The monoisotopic (exact) mass is 295 g/mol. The van der Waals surface area contributed by atoms with Crippen molar-refractivity contribution in [2.75, 3.05) is 6.61 Å². The summed E-state index contributed by atoms with van der Waals surface area (Å²) in [6.45, 7) is 2.31. The average molecular weight is 295 g/mol. The highest BCUT2D eigenvalue weighted by atomic mass is 16.6. The van der Waals surface area contributed by atoms with E-state index in [9.17, 15) is 4.79 Å². The van der Waals surface area contributed by atoms with Crippen molar-refractivity contribution < 1.29 is 9.63 Å². The summed E-state index contributed by atoms with van der Waals surface area (Å²) >= 11 is 0. The maximum atomic E-state index is 12.0. The predicted molar refractivity (Wildman–Crippen MR) is 87.0 cm³/mol. The lowest BCUT2D eigenvalue weighted by Crippen LogP contribution is -2.20. The van der Waals surface area contributed by atoms with E-state index in [0.717, 1.165) is 5.56 Å². The molecule has 0 atom stereocenters. The van der Waals surface area contributed by atoms with Crippen molar-refractivity contribution in [3.63, 3.8) is 0 Å². The number of oxime groups is 1. The molecule has 0 fully saturated rings. The van der Waals surface area contributed by atoms with Crippen LogP contribution >= 0.6 is 0 Å². The molecule has 1 amide bonds. The predicted octanol–water partition coefficient (Wildman–Crippen LogP) is 2.84. The van der Waals surface area contributed by atoms with Gasteiger partial charge in [-0.05, 0) is 19.1 Å². The molecule has 0 heterocycles. The molecule has 0 aromatic heterocycles. The Hall–Kier alpha value is -2.95. The van der Waals surface area contributed by atoms with Gasteiger partial charge in [-0.15, -0.1) is 0 Å². The molecule has 2 aromatic rings. The zero-order chi connectivity index (χ0) is 15.6. The highest BCUT2D eigenvalue weighted by Gasteiger charge is 2.05. The summed E-state index contributed by atoms with van der Waals surface area (Å²) in [6, 6.07) is 18.3. The summed E-state index contributed by atoms with van der Waals surface area (Å²) in [5.74, 6) is -0.279. The first-order valence-electron chi connectivity index (χ1n) is 6.95. The van der Waals surface area contributed by atoms with Crippen molar-refractivity contribution in [2.45, 2.75) is 6.92 Å². The Labute approximate surface area is 129 Å². The lowest BCUT2D eigenvalue weighted by Gasteiger charge is -2.03. The molecule has 1 N–H and O–H groups in total. The Morgan fingerprint density at radius 3 is 2.23 bits per heavy atom. The molecule has 0 bridgehead atoms. The molecule has 0 unspecified atom stereocenters. The number of nitrogens with one attached hydrogen (secondary N) is 1. The van der Waals surface area contributed by atoms with E-state index >= 15 is 0 Å². The zero-order valence-corrected chi connectivity index (χ0v) is 12.3. The lowest BCUT2D eigenvalue weighted by atomic mass is 10.1. The molecule has 0 aliphatic carbocycles. The van der Waals surface area contributed by atoms with Gasteiger partial charge in [-0.3, -0.25) is 4.79 Å². The second kappa shape index (κ2) is 8.36. The van der Waals surface area contributed by atoms with Crippen molar-refractivity contribution >= 4 is 17.8 Å². The highest BCUT2D eigenvalue weighted by molar-refractivity contribution is 6.38. The molecule has 0 saturated carbocycles. The van der Waals surface area contributed by atoms with E-state index in [1.807, 2.05) is 43.3 Å². The van der Waals surface area contributed by atoms with Crippen LogP contribution in [0.3, 0.4) is 0 Å². The molecule has 0 aliphatic rings. The highest BCUT2D eigenvalue weighted by Crippen LogP contribution is 2.01. The normalized spacial score (nSPS) is 11.4. The number of amides is 1. The SMILES string of the molecule is CCO/N=C\C(=N/NC(=O)c1ccccc1)c1ccccc1. The summed E-state index contributed by atoms with van der Waals surface area (Å²) in [6.07, 6.45) is 1.48. The summed E-state index contributed by atoms with van der Waals surface area (Å²) in [4.78, 5) is 17.0. The molecule has 0 saturated heterocycles. The van der Waals surface area contributed by atoms with Crippen LogP contribution in [-0.2, 0) is 4.84 Å². The third-order valence-corrected chi connectivity index (χ3v) is 2.76. The van der Waals surface area contributed by atoms with Gasteiger partial charge in [0.05, 0.1) is 6.21 Å². The van der Waals surface area contributed by atoms with Crippen molar-refractivity contribution in [1.29, 1.82) is 0 Å². The van der Waals surface area contributed by atoms with Gasteiger partial charge in [0.2, 0.25) is 0 Å². The first-order chi connectivity index (χ1) is 10.8. The van der Waals surface area contributed by atoms with E-state index in [-0.39, 0.29) is 5.91 Å². The molecule has 22 heavy (non-hydrogen) atoms. The van der Waals surface area contributed by atoms with Gasteiger partial charge in [-0.2, -0.15) is 5.10 Å². The average Bonchev–Trinajstić information content (AvgIpc) is 2.59. The van der Waals surface area contributed by atoms with Crippen LogP contribution in [0, 0.1) is 0 Å². The Kier molecular flexibility index (Phi) is 5.87. The number of hydrogen-bond acceptors (Lipinski definition) is 4. The number of rotatable bonds is 6. The zero-order valence-electron chi connectivity index (χ0n) is 12.3. The first-order valence-corrected chi connectivity index (χ1v) is 6.95. The first kappa shape index (κ1) is 15.4. The van der Waals surface area contributed by atoms with Gasteiger partial charge in [0.15, 0.2) is 0 Å². The molecule has 2 rings (SSSR count). The molecule has 112 valence electrons. The van der Waals surface area contributed by atoms with Gasteiger partial charge in [0, 0.05) is 11.1 Å². The summed E-state index contributed by atoms with van der Waals surface area (Å²) in [5, 5.41) is 7.94. The van der Waals surface area contributed by atoms with Crippen LogP contribution in [0.1, 0.15) is 22.8 Å². The van der Waals surface area contributed by atoms with Gasteiger partial charge in [0.25, 0.3) is 5.91 Å². The fourth-order valence-corrected chi connectivity index (χ4v) is 1.70. The number of nitrogens with zero attached hydrogens (tertiary/aromatic N) is 2. The summed E-state index contributed by atoms with van der Waals surface area (Å²) in [5.41, 5.74) is 4.41. The Bertz CT molecular complexity index is 652. The maximum absolute atomic E-state index is 12.0. The molecular formula is C17H17N3O2. The smallest absolute Gasteiger partial charge is 0.271 e. The number of hydrazone groups is 1. The van der Waals surface area contributed by atoms with E-state index in [1.165, 1.54) is 6.21 Å². The quantitative estimate of drug-likeness (QED) is 0.658. The van der Waals surface area contributed by atoms with Gasteiger partial charge in [0.1, 0.15) is 12.3 Å². The van der Waals surface area contributed by atoms with Crippen LogP contribution in [0.2, 0.25) is 0 Å². The Morgan fingerprint density at radius 2 is 1.64 bits per heavy atom. The minimum atomic E-state index is -0.279. The minimum absolute atomic E-state index is 0.279. The topological polar surface area (TPSA) is 63.1 Å². The number of carbonyl (C=O) groups excluding carboxylic acids is 1. The molecule has 5 nitrogen and oxygen atoms in total. The van der Waals surface area contributed by atoms with E-state index in [0.29, 0.717) is 17.9 Å². The van der Waals surface area contributed by atoms with Gasteiger partial charge in [-0.25, -0.2) is 5.43 Å². The van der Waals surface area contributed by atoms with Gasteiger partial charge >= 0.3 is 0 Å². The Morgan fingerprint density at radius 1 is 1.05 bits per heavy atom. The molecular weight excluding hydrogens is 278 g/mol.